The summed E-state index contributed by atoms with van der Waals surface area (Å²) < 4.78 is 8.42. The van der Waals surface area contributed by atoms with Crippen LogP contribution >= 0.6 is 23.2 Å². The molecule has 436 valence electrons. The average molecular weight is 1160 g/mol. The van der Waals surface area contributed by atoms with E-state index in [1.165, 1.54) is 5.56 Å². The molecular weight excluding hydrogens is 1080 g/mol. The zero-order valence-electron chi connectivity index (χ0n) is 49.3. The Morgan fingerprint density at radius 1 is 0.735 bits per heavy atom. The number of anilines is 1. The van der Waals surface area contributed by atoms with E-state index in [4.69, 9.17) is 43.0 Å². The lowest BCUT2D eigenvalue weighted by atomic mass is 9.71. The van der Waals surface area contributed by atoms with E-state index < -0.39 is 11.1 Å². The number of aryl methyl sites for hydroxylation is 2. The number of amides is 3. The van der Waals surface area contributed by atoms with Gasteiger partial charge in [-0.3, -0.25) is 24.5 Å². The molecule has 3 aliphatic heterocycles. The van der Waals surface area contributed by atoms with E-state index in [1.54, 1.807) is 0 Å². The molecule has 14 nitrogen and oxygen atoms in total. The Kier molecular flexibility index (Phi) is 18.3. The van der Waals surface area contributed by atoms with Gasteiger partial charge < -0.3 is 25.0 Å². The number of carbonyl (C=O) groups is 2. The number of piperazine rings is 2. The summed E-state index contributed by atoms with van der Waals surface area (Å²) in [4.78, 5) is 50.5. The molecule has 0 radical (unpaired) electrons. The van der Waals surface area contributed by atoms with Crippen LogP contribution < -0.4 is 15.0 Å². The quantitative estimate of drug-likeness (QED) is 0.0759. The monoisotopic (exact) mass is 1160 g/mol. The third-order valence-electron chi connectivity index (χ3n) is 17.2. The number of fused-ring (bicyclic) bond motifs is 1. The first-order valence-corrected chi connectivity index (χ1v) is 30.4. The Hall–Kier alpha value is -6.81. The van der Waals surface area contributed by atoms with Crippen LogP contribution in [-0.4, -0.2) is 142 Å². The molecule has 0 bridgehead atoms. The first-order valence-electron chi connectivity index (χ1n) is 29.6. The van der Waals surface area contributed by atoms with Gasteiger partial charge in [0.05, 0.1) is 30.2 Å². The highest BCUT2D eigenvalue weighted by Crippen LogP contribution is 2.54. The maximum Gasteiger partial charge on any atom is 0.326 e. The maximum absolute atomic E-state index is 15.6. The average Bonchev–Trinajstić information content (AvgIpc) is 1.80. The summed E-state index contributed by atoms with van der Waals surface area (Å²) in [6.07, 6.45) is 4.19. The van der Waals surface area contributed by atoms with Crippen molar-refractivity contribution in [2.75, 3.05) is 90.1 Å². The SMILES string of the molecule is CCOc1cc(C(C)(C)C)ccc1C1=N[C@@](C)(c2ccc(Cl)cc2)[C@@](C)(c2ccc(Cl)cc2)N1C(=O)N1CCN(CCC(=O)NCCCCCc2cccc(-c3c(C)nn4c(N5CCN(CCO)CC5)cc(-c5ccccc5)nc34)c2)CC1. The number of nitrogens with zero attached hydrogens (tertiary/aromatic N) is 9. The second kappa shape index (κ2) is 25.6. The number of hydrogen-bond donors (Lipinski definition) is 2. The van der Waals surface area contributed by atoms with E-state index in [1.807, 2.05) is 75.8 Å². The first-order chi connectivity index (χ1) is 40.0. The van der Waals surface area contributed by atoms with Crippen molar-refractivity contribution in [1.29, 1.82) is 0 Å². The minimum absolute atomic E-state index is 0.0387. The molecule has 2 atom stereocenters. The van der Waals surface area contributed by atoms with Crippen molar-refractivity contribution in [1.82, 2.24) is 39.5 Å². The van der Waals surface area contributed by atoms with Crippen LogP contribution in [0.4, 0.5) is 10.6 Å². The first kappa shape index (κ1) is 59.4. The fourth-order valence-electron chi connectivity index (χ4n) is 12.2. The summed E-state index contributed by atoms with van der Waals surface area (Å²) in [6, 6.07) is 42.9. The third-order valence-corrected chi connectivity index (χ3v) is 17.7. The fraction of sp³-hybridized carbons (Fsp3) is 0.418. The van der Waals surface area contributed by atoms with Gasteiger partial charge in [0, 0.05) is 106 Å². The zero-order chi connectivity index (χ0) is 58.5. The number of aliphatic hydroxyl groups is 1. The lowest BCUT2D eigenvalue weighted by Crippen LogP contribution is -2.60. The summed E-state index contributed by atoms with van der Waals surface area (Å²) >= 11 is 13.0. The fourth-order valence-corrected chi connectivity index (χ4v) is 12.4. The molecule has 2 saturated heterocycles. The normalized spacial score (nSPS) is 18.9. The number of aliphatic hydroxyl groups excluding tert-OH is 1. The Balaban J connectivity index is 0.754. The second-order valence-corrected chi connectivity index (χ2v) is 24.5. The second-order valence-electron chi connectivity index (χ2n) is 23.7. The van der Waals surface area contributed by atoms with Gasteiger partial charge in [-0.2, -0.15) is 9.61 Å². The number of rotatable bonds is 19. The molecule has 83 heavy (non-hydrogen) atoms. The van der Waals surface area contributed by atoms with Gasteiger partial charge in [0.2, 0.25) is 5.91 Å². The van der Waals surface area contributed by atoms with E-state index in [-0.39, 0.29) is 24.0 Å². The minimum Gasteiger partial charge on any atom is -0.493 e. The van der Waals surface area contributed by atoms with Crippen LogP contribution in [0.2, 0.25) is 10.0 Å². The highest BCUT2D eigenvalue weighted by molar-refractivity contribution is 6.30. The van der Waals surface area contributed by atoms with Crippen molar-refractivity contribution in [2.24, 2.45) is 4.99 Å². The number of carbonyl (C=O) groups excluding carboxylic acids is 2. The molecule has 3 aliphatic rings. The Bertz CT molecular complexity index is 3420. The number of aliphatic imine (C=N–C) groups is 1. The topological polar surface area (TPSA) is 134 Å². The van der Waals surface area contributed by atoms with E-state index in [0.717, 1.165) is 114 Å². The van der Waals surface area contributed by atoms with Gasteiger partial charge in [-0.1, -0.05) is 135 Å². The molecule has 5 aromatic carbocycles. The molecule has 0 spiro atoms. The van der Waals surface area contributed by atoms with Crippen molar-refractivity contribution in [3.63, 3.8) is 0 Å². The summed E-state index contributed by atoms with van der Waals surface area (Å²) in [5.74, 6) is 2.27. The molecule has 2 N–H and O–H groups in total. The molecular formula is C67H80Cl2N10O4. The summed E-state index contributed by atoms with van der Waals surface area (Å²) in [5.41, 5.74) is 8.66. The van der Waals surface area contributed by atoms with E-state index in [2.05, 4.69) is 134 Å². The number of urea groups is 1. The third kappa shape index (κ3) is 12.7. The van der Waals surface area contributed by atoms with Crippen molar-refractivity contribution in [3.8, 4) is 28.1 Å². The summed E-state index contributed by atoms with van der Waals surface area (Å²) in [6.45, 7) is 23.0. The number of hydrogen-bond acceptors (Lipinski definition) is 10. The lowest BCUT2D eigenvalue weighted by Gasteiger charge is -2.47. The van der Waals surface area contributed by atoms with E-state index in [0.29, 0.717) is 80.5 Å². The molecule has 10 rings (SSSR count). The standard InChI is InChI=1S/C67H80Cl2N10O4/c1-8-83-58-45-53(65(3,4)5)25-30-56(58)62-72-66(6,51-21-26-54(68)27-22-51)67(7,52-23-28-55(69)29-24-52)78(62)64(82)77-40-36-74(37-41-77)33-31-59(81)70-32-14-10-11-16-48-17-15-20-50(44-48)61-47(2)73-79-60(76-38-34-75(35-39-76)42-43-80)46-57(71-63(61)79)49-18-12-9-13-19-49/h9,12-13,15,17-30,44-46,80H,8,10-11,14,16,31-43H2,1-7H3,(H,70,81)/t66-,67+/m0/s1. The minimum atomic E-state index is -1.03. The Labute approximate surface area is 500 Å². The number of benzene rings is 5. The van der Waals surface area contributed by atoms with E-state index in [9.17, 15) is 9.90 Å². The van der Waals surface area contributed by atoms with Gasteiger partial charge >= 0.3 is 6.03 Å². The Morgan fingerprint density at radius 3 is 2.07 bits per heavy atom. The number of ether oxygens (including phenoxy) is 1. The molecule has 5 heterocycles. The summed E-state index contributed by atoms with van der Waals surface area (Å²) in [7, 11) is 0. The van der Waals surface area contributed by atoms with Crippen LogP contribution in [0.1, 0.15) is 101 Å². The number of β-amino-alcohol motifs (C(OH)–C–C–N with tert-alkyl or cyclic N) is 1. The van der Waals surface area contributed by atoms with Crippen LogP contribution in [0.25, 0.3) is 28.0 Å². The molecule has 0 saturated carbocycles. The maximum atomic E-state index is 15.6. The van der Waals surface area contributed by atoms with Gasteiger partial charge in [-0.25, -0.2) is 9.78 Å². The number of unbranched alkanes of at least 4 members (excludes halogenated alkanes) is 2. The molecule has 0 unspecified atom stereocenters. The molecule has 2 aromatic heterocycles. The van der Waals surface area contributed by atoms with Gasteiger partial charge in [0.1, 0.15) is 28.5 Å². The van der Waals surface area contributed by atoms with E-state index >= 15 is 4.79 Å². The largest absolute Gasteiger partial charge is 0.493 e. The predicted octanol–water partition coefficient (Wildman–Crippen LogP) is 12.0. The lowest BCUT2D eigenvalue weighted by molar-refractivity contribution is -0.121. The number of nitrogens with one attached hydrogen (secondary N) is 1. The molecule has 16 heteroatoms. The van der Waals surface area contributed by atoms with Crippen LogP contribution in [0, 0.1) is 6.92 Å². The smallest absolute Gasteiger partial charge is 0.326 e. The highest BCUT2D eigenvalue weighted by atomic mass is 35.5. The number of aromatic nitrogens is 3. The van der Waals surface area contributed by atoms with Gasteiger partial charge in [-0.15, -0.1) is 0 Å². The Morgan fingerprint density at radius 2 is 1.40 bits per heavy atom. The van der Waals surface area contributed by atoms with Gasteiger partial charge in [0.15, 0.2) is 5.65 Å². The molecule has 3 amide bonds. The van der Waals surface area contributed by atoms with Crippen molar-refractivity contribution in [2.45, 2.75) is 97.1 Å². The van der Waals surface area contributed by atoms with Crippen LogP contribution in [0.5, 0.6) is 5.75 Å². The number of amidine groups is 1. The van der Waals surface area contributed by atoms with Crippen molar-refractivity contribution >= 4 is 52.4 Å². The summed E-state index contributed by atoms with van der Waals surface area (Å²) in [5, 5.41) is 19.0. The van der Waals surface area contributed by atoms with Crippen LogP contribution in [-0.2, 0) is 27.7 Å². The van der Waals surface area contributed by atoms with Crippen molar-refractivity contribution < 1.29 is 19.4 Å². The molecule has 2 fully saturated rings. The van der Waals surface area contributed by atoms with Gasteiger partial charge in [-0.05, 0) is 117 Å². The van der Waals surface area contributed by atoms with Crippen LogP contribution in [0.15, 0.2) is 132 Å². The molecule has 0 aliphatic carbocycles. The van der Waals surface area contributed by atoms with Crippen molar-refractivity contribution in [3.05, 3.63) is 171 Å². The number of halogens is 2. The molecule has 7 aromatic rings. The van der Waals surface area contributed by atoms with Crippen LogP contribution in [0.3, 0.4) is 0 Å². The predicted molar refractivity (Wildman–Crippen MR) is 335 cm³/mol. The van der Waals surface area contributed by atoms with Gasteiger partial charge in [0.25, 0.3) is 0 Å². The highest BCUT2D eigenvalue weighted by Gasteiger charge is 2.60. The zero-order valence-corrected chi connectivity index (χ0v) is 50.8.